The zero-order valence-corrected chi connectivity index (χ0v) is 18.0. The molecule has 1 aliphatic rings. The van der Waals surface area contributed by atoms with E-state index in [1.807, 2.05) is 13.8 Å². The first-order chi connectivity index (χ1) is 13.0. The Kier molecular flexibility index (Phi) is 9.93. The molecule has 0 aromatic carbocycles. The molecule has 5 unspecified atom stereocenters. The summed E-state index contributed by atoms with van der Waals surface area (Å²) in [7, 11) is 0. The predicted molar refractivity (Wildman–Crippen MR) is 105 cm³/mol. The molecule has 0 aliphatic carbocycles. The molecule has 1 aliphatic heterocycles. The summed E-state index contributed by atoms with van der Waals surface area (Å²) in [5.41, 5.74) is 8.62. The van der Waals surface area contributed by atoms with Crippen LogP contribution in [0.3, 0.4) is 0 Å². The van der Waals surface area contributed by atoms with Crippen LogP contribution in [0.4, 0.5) is 0 Å². The van der Waals surface area contributed by atoms with Crippen LogP contribution in [-0.2, 0) is 23.8 Å². The first kappa shape index (κ1) is 24.4. The fourth-order valence-electron chi connectivity index (χ4n) is 3.39. The van der Waals surface area contributed by atoms with Crippen molar-refractivity contribution in [3.63, 3.8) is 0 Å². The average molecular weight is 398 g/mol. The molecule has 1 heterocycles. The molecule has 8 heteroatoms. The number of carbonyl (C=O) groups excluding carboxylic acids is 2. The Bertz CT molecular complexity index is 569. The molecule has 0 bridgehead atoms. The summed E-state index contributed by atoms with van der Waals surface area (Å²) in [5.74, 6) is -0.107. The monoisotopic (exact) mass is 397 g/mol. The summed E-state index contributed by atoms with van der Waals surface area (Å²) in [6.07, 6.45) is 1.22. The third-order valence-corrected chi connectivity index (χ3v) is 4.94. The molecule has 1 fully saturated rings. The van der Waals surface area contributed by atoms with E-state index in [1.165, 1.54) is 6.92 Å². The molecule has 1 saturated heterocycles. The summed E-state index contributed by atoms with van der Waals surface area (Å²) in [4.78, 5) is 26.1. The number of Topliss-reactive ketones (excluding diaryl/α,β-unsaturated/α-hetero) is 1. The van der Waals surface area contributed by atoms with Gasteiger partial charge in [-0.15, -0.1) is 0 Å². The molecule has 28 heavy (non-hydrogen) atoms. The van der Waals surface area contributed by atoms with Crippen LogP contribution in [0.2, 0.25) is 0 Å². The minimum Gasteiger partial charge on any atom is -0.459 e. The number of nitrogens with zero attached hydrogens (tertiary/aromatic N) is 3. The van der Waals surface area contributed by atoms with Crippen molar-refractivity contribution in [2.24, 2.45) is 22.4 Å². The summed E-state index contributed by atoms with van der Waals surface area (Å²) in [5, 5.41) is 3.58. The third-order valence-electron chi connectivity index (χ3n) is 4.94. The van der Waals surface area contributed by atoms with E-state index in [0.717, 1.165) is 12.8 Å². The van der Waals surface area contributed by atoms with Crippen LogP contribution >= 0.6 is 0 Å². The van der Waals surface area contributed by atoms with Crippen molar-refractivity contribution in [2.45, 2.75) is 85.7 Å². The molecule has 0 amide bonds. The first-order valence-corrected chi connectivity index (χ1v) is 10.0. The summed E-state index contributed by atoms with van der Waals surface area (Å²) < 4.78 is 17.3. The van der Waals surface area contributed by atoms with Crippen LogP contribution in [0.5, 0.6) is 0 Å². The SMILES string of the molecule is CC(=O)OC1C(CN=[N+]=[N-])OC(OCCCCC(=O)CC(C)(C)C)C(C)C1C. The van der Waals surface area contributed by atoms with Crippen molar-refractivity contribution in [1.82, 2.24) is 0 Å². The van der Waals surface area contributed by atoms with E-state index < -0.39 is 24.5 Å². The van der Waals surface area contributed by atoms with Crippen LogP contribution in [-0.4, -0.2) is 43.4 Å². The lowest BCUT2D eigenvalue weighted by Crippen LogP contribution is -2.52. The molecular formula is C20H35N3O5. The molecule has 0 radical (unpaired) electrons. The Labute approximate surface area is 167 Å². The van der Waals surface area contributed by atoms with Gasteiger partial charge in [0.15, 0.2) is 6.29 Å². The summed E-state index contributed by atoms with van der Waals surface area (Å²) in [6, 6.07) is 0. The van der Waals surface area contributed by atoms with Crippen LogP contribution in [0.1, 0.15) is 67.2 Å². The quantitative estimate of drug-likeness (QED) is 0.178. The maximum absolute atomic E-state index is 11.9. The largest absolute Gasteiger partial charge is 0.459 e. The van der Waals surface area contributed by atoms with E-state index in [4.69, 9.17) is 19.7 Å². The average Bonchev–Trinajstić information content (AvgIpc) is 2.57. The van der Waals surface area contributed by atoms with Gasteiger partial charge in [0.25, 0.3) is 0 Å². The Morgan fingerprint density at radius 3 is 2.43 bits per heavy atom. The molecular weight excluding hydrogens is 362 g/mol. The summed E-state index contributed by atoms with van der Waals surface area (Å²) >= 11 is 0. The van der Waals surface area contributed by atoms with Crippen molar-refractivity contribution in [3.05, 3.63) is 10.4 Å². The van der Waals surface area contributed by atoms with Crippen molar-refractivity contribution < 1.29 is 23.8 Å². The van der Waals surface area contributed by atoms with Crippen molar-refractivity contribution >= 4 is 11.8 Å². The van der Waals surface area contributed by atoms with E-state index in [0.29, 0.717) is 19.4 Å². The van der Waals surface area contributed by atoms with Gasteiger partial charge in [-0.2, -0.15) is 0 Å². The standard InChI is InChI=1S/C20H35N3O5/c1-13-14(2)19(26-10-8-7-9-16(25)11-20(4,5)6)28-17(12-22-23-21)18(13)27-15(3)24/h13-14,17-19H,7-12H2,1-6H3. The molecule has 0 saturated carbocycles. The number of azide groups is 1. The van der Waals surface area contributed by atoms with Crippen molar-refractivity contribution in [1.29, 1.82) is 0 Å². The van der Waals surface area contributed by atoms with Crippen LogP contribution in [0.15, 0.2) is 5.11 Å². The second kappa shape index (κ2) is 11.4. The van der Waals surface area contributed by atoms with Gasteiger partial charge >= 0.3 is 5.97 Å². The van der Waals surface area contributed by atoms with Gasteiger partial charge in [0.1, 0.15) is 18.0 Å². The van der Waals surface area contributed by atoms with Crippen LogP contribution in [0.25, 0.3) is 10.4 Å². The zero-order valence-electron chi connectivity index (χ0n) is 18.0. The molecule has 1 rings (SSSR count). The number of rotatable bonds is 10. The van der Waals surface area contributed by atoms with Gasteiger partial charge in [-0.25, -0.2) is 0 Å². The molecule has 0 spiro atoms. The number of carbonyl (C=O) groups is 2. The minimum atomic E-state index is -0.538. The highest BCUT2D eigenvalue weighted by atomic mass is 16.7. The molecule has 5 atom stereocenters. The third kappa shape index (κ3) is 8.59. The molecule has 8 nitrogen and oxygen atoms in total. The molecule has 0 N–H and O–H groups in total. The van der Waals surface area contributed by atoms with Crippen LogP contribution < -0.4 is 0 Å². The fraction of sp³-hybridized carbons (Fsp3) is 0.900. The van der Waals surface area contributed by atoms with E-state index in [1.54, 1.807) is 0 Å². The smallest absolute Gasteiger partial charge is 0.303 e. The van der Waals surface area contributed by atoms with Gasteiger partial charge in [0.05, 0.1) is 6.54 Å². The number of ether oxygens (including phenoxy) is 3. The predicted octanol–water partition coefficient (Wildman–Crippen LogP) is 4.42. The van der Waals surface area contributed by atoms with E-state index in [2.05, 4.69) is 30.8 Å². The highest BCUT2D eigenvalue weighted by Gasteiger charge is 2.43. The lowest BCUT2D eigenvalue weighted by Gasteiger charge is -2.43. The maximum atomic E-state index is 11.9. The van der Waals surface area contributed by atoms with Gasteiger partial charge < -0.3 is 14.2 Å². The van der Waals surface area contributed by atoms with Gasteiger partial charge in [-0.1, -0.05) is 39.7 Å². The number of hydrogen-bond donors (Lipinski definition) is 0. The van der Waals surface area contributed by atoms with E-state index in [-0.39, 0.29) is 29.6 Å². The normalized spacial score (nSPS) is 27.7. The Hall–Kier alpha value is -1.63. The lowest BCUT2D eigenvalue weighted by molar-refractivity contribution is -0.264. The highest BCUT2D eigenvalue weighted by molar-refractivity contribution is 5.78. The Balaban J connectivity index is 2.51. The second-order valence-corrected chi connectivity index (χ2v) is 8.85. The second-order valence-electron chi connectivity index (χ2n) is 8.85. The lowest BCUT2D eigenvalue weighted by atomic mass is 9.84. The van der Waals surface area contributed by atoms with Crippen molar-refractivity contribution in [3.8, 4) is 0 Å². The minimum absolute atomic E-state index is 0.00472. The van der Waals surface area contributed by atoms with Gasteiger partial charge in [0.2, 0.25) is 0 Å². The number of esters is 1. The van der Waals surface area contributed by atoms with E-state index >= 15 is 0 Å². The number of ketones is 1. The van der Waals surface area contributed by atoms with Gasteiger partial charge in [0, 0.05) is 43.1 Å². The number of unbranched alkanes of at least 4 members (excludes halogenated alkanes) is 1. The molecule has 0 aromatic heterocycles. The summed E-state index contributed by atoms with van der Waals surface area (Å²) in [6.45, 7) is 12.1. The topological polar surface area (TPSA) is 111 Å². The van der Waals surface area contributed by atoms with Gasteiger partial charge in [-0.3, -0.25) is 9.59 Å². The fourth-order valence-corrected chi connectivity index (χ4v) is 3.39. The molecule has 0 aromatic rings. The maximum Gasteiger partial charge on any atom is 0.303 e. The number of hydrogen-bond acceptors (Lipinski definition) is 6. The first-order valence-electron chi connectivity index (χ1n) is 10.0. The van der Waals surface area contributed by atoms with E-state index in [9.17, 15) is 9.59 Å². The van der Waals surface area contributed by atoms with Crippen molar-refractivity contribution in [2.75, 3.05) is 13.2 Å². The molecule has 160 valence electrons. The van der Waals surface area contributed by atoms with Gasteiger partial charge in [-0.05, 0) is 23.8 Å². The Morgan fingerprint density at radius 1 is 1.18 bits per heavy atom. The highest BCUT2D eigenvalue weighted by Crippen LogP contribution is 2.33. The van der Waals surface area contributed by atoms with Crippen LogP contribution in [0, 0.1) is 17.3 Å². The Morgan fingerprint density at radius 2 is 1.86 bits per heavy atom. The zero-order chi connectivity index (χ0) is 21.3.